The van der Waals surface area contributed by atoms with Crippen LogP contribution >= 0.6 is 0 Å². The number of rotatable bonds is 3. The van der Waals surface area contributed by atoms with Crippen molar-refractivity contribution < 1.29 is 9.53 Å². The molecule has 2 aromatic rings. The minimum Gasteiger partial charge on any atom is -0.381 e. The molecule has 0 unspecified atom stereocenters. The Kier molecular flexibility index (Phi) is 3.74. The first-order chi connectivity index (χ1) is 9.78. The topological polar surface area (TPSA) is 54.1 Å². The van der Waals surface area contributed by atoms with Crippen LogP contribution in [0.3, 0.4) is 0 Å². The van der Waals surface area contributed by atoms with Gasteiger partial charge in [-0.2, -0.15) is 0 Å². The van der Waals surface area contributed by atoms with Crippen molar-refractivity contribution in [2.45, 2.75) is 31.8 Å². The summed E-state index contributed by atoms with van der Waals surface area (Å²) in [6.45, 7) is 0. The molecule has 106 valence electrons. The third-order valence-corrected chi connectivity index (χ3v) is 4.23. The number of para-hydroxylation sites is 1. The second kappa shape index (κ2) is 5.67. The molecule has 20 heavy (non-hydrogen) atoms. The average Bonchev–Trinajstić information content (AvgIpc) is 2.91. The van der Waals surface area contributed by atoms with Crippen LogP contribution in [0.5, 0.6) is 0 Å². The van der Waals surface area contributed by atoms with E-state index in [1.807, 2.05) is 30.5 Å². The normalized spacial score (nSPS) is 22.9. The Morgan fingerprint density at radius 3 is 2.75 bits per heavy atom. The number of benzene rings is 1. The lowest BCUT2D eigenvalue weighted by atomic mass is 9.87. The number of carbonyl (C=O) groups is 1. The lowest BCUT2D eigenvalue weighted by Crippen LogP contribution is -2.29. The number of ether oxygens (including phenoxy) is 1. The molecule has 2 N–H and O–H groups in total. The molecule has 1 aromatic carbocycles. The molecular weight excluding hydrogens is 252 g/mol. The zero-order chi connectivity index (χ0) is 13.9. The van der Waals surface area contributed by atoms with Crippen molar-refractivity contribution in [3.8, 4) is 0 Å². The summed E-state index contributed by atoms with van der Waals surface area (Å²) in [6.07, 6.45) is 5.96. The van der Waals surface area contributed by atoms with Gasteiger partial charge in [-0.05, 0) is 31.7 Å². The molecule has 0 spiro atoms. The summed E-state index contributed by atoms with van der Waals surface area (Å²) < 4.78 is 5.35. The fourth-order valence-corrected chi connectivity index (χ4v) is 2.97. The largest absolute Gasteiger partial charge is 0.381 e. The number of hydrogen-bond donors (Lipinski definition) is 2. The van der Waals surface area contributed by atoms with E-state index in [4.69, 9.17) is 4.74 Å². The lowest BCUT2D eigenvalue weighted by Gasteiger charge is -2.26. The SMILES string of the molecule is COC1CCC(C(=O)Nc2c[nH]c3ccccc23)CC1. The van der Waals surface area contributed by atoms with Gasteiger partial charge in [0.1, 0.15) is 0 Å². The fraction of sp³-hybridized carbons (Fsp3) is 0.438. The van der Waals surface area contributed by atoms with Crippen molar-refractivity contribution in [2.75, 3.05) is 12.4 Å². The summed E-state index contributed by atoms with van der Waals surface area (Å²) in [7, 11) is 1.75. The molecule has 0 atom stereocenters. The van der Waals surface area contributed by atoms with E-state index < -0.39 is 0 Å². The van der Waals surface area contributed by atoms with Crippen molar-refractivity contribution in [1.29, 1.82) is 0 Å². The Balaban J connectivity index is 1.67. The summed E-state index contributed by atoms with van der Waals surface area (Å²) in [5.41, 5.74) is 1.92. The van der Waals surface area contributed by atoms with E-state index in [9.17, 15) is 4.79 Å². The zero-order valence-electron chi connectivity index (χ0n) is 11.7. The van der Waals surface area contributed by atoms with Crippen LogP contribution in [0.25, 0.3) is 10.9 Å². The molecule has 4 heteroatoms. The molecule has 3 rings (SSSR count). The number of anilines is 1. The predicted octanol–water partition coefficient (Wildman–Crippen LogP) is 3.31. The van der Waals surface area contributed by atoms with Gasteiger partial charge in [0.2, 0.25) is 5.91 Å². The highest BCUT2D eigenvalue weighted by molar-refractivity contribution is 6.02. The number of aromatic nitrogens is 1. The Labute approximate surface area is 118 Å². The second-order valence-corrected chi connectivity index (χ2v) is 5.45. The molecule has 1 saturated carbocycles. The number of H-pyrrole nitrogens is 1. The fourth-order valence-electron chi connectivity index (χ4n) is 2.97. The van der Waals surface area contributed by atoms with Crippen LogP contribution in [0.4, 0.5) is 5.69 Å². The molecule has 0 saturated heterocycles. The van der Waals surface area contributed by atoms with Gasteiger partial charge in [0, 0.05) is 30.1 Å². The number of aromatic amines is 1. The van der Waals surface area contributed by atoms with Gasteiger partial charge in [0.25, 0.3) is 0 Å². The summed E-state index contributed by atoms with van der Waals surface area (Å²) in [4.78, 5) is 15.5. The van der Waals surface area contributed by atoms with Gasteiger partial charge < -0.3 is 15.0 Å². The van der Waals surface area contributed by atoms with Gasteiger partial charge in [0.15, 0.2) is 0 Å². The maximum Gasteiger partial charge on any atom is 0.227 e. The highest BCUT2D eigenvalue weighted by atomic mass is 16.5. The first-order valence-corrected chi connectivity index (χ1v) is 7.17. The van der Waals surface area contributed by atoms with Gasteiger partial charge in [-0.3, -0.25) is 4.79 Å². The van der Waals surface area contributed by atoms with Crippen LogP contribution in [0.15, 0.2) is 30.5 Å². The predicted molar refractivity (Wildman–Crippen MR) is 79.7 cm³/mol. The molecule has 4 nitrogen and oxygen atoms in total. The average molecular weight is 272 g/mol. The number of methoxy groups -OCH3 is 1. The smallest absolute Gasteiger partial charge is 0.227 e. The Morgan fingerprint density at radius 2 is 2.00 bits per heavy atom. The van der Waals surface area contributed by atoms with Crippen molar-refractivity contribution in [1.82, 2.24) is 4.98 Å². The number of nitrogens with one attached hydrogen (secondary N) is 2. The molecule has 1 fully saturated rings. The Morgan fingerprint density at radius 1 is 1.25 bits per heavy atom. The van der Waals surface area contributed by atoms with E-state index in [0.29, 0.717) is 6.10 Å². The Hall–Kier alpha value is -1.81. The van der Waals surface area contributed by atoms with E-state index >= 15 is 0 Å². The van der Waals surface area contributed by atoms with Crippen LogP contribution in [0, 0.1) is 5.92 Å². The van der Waals surface area contributed by atoms with Gasteiger partial charge in [-0.25, -0.2) is 0 Å². The third-order valence-electron chi connectivity index (χ3n) is 4.23. The first-order valence-electron chi connectivity index (χ1n) is 7.17. The summed E-state index contributed by atoms with van der Waals surface area (Å²) in [5.74, 6) is 0.236. The zero-order valence-corrected chi connectivity index (χ0v) is 11.7. The van der Waals surface area contributed by atoms with E-state index in [-0.39, 0.29) is 11.8 Å². The lowest BCUT2D eigenvalue weighted by molar-refractivity contribution is -0.121. The van der Waals surface area contributed by atoms with Crippen LogP contribution in [0.2, 0.25) is 0 Å². The van der Waals surface area contributed by atoms with Crippen LogP contribution < -0.4 is 5.32 Å². The molecule has 1 heterocycles. The number of carbonyl (C=O) groups excluding carboxylic acids is 1. The van der Waals surface area contributed by atoms with E-state index in [1.165, 1.54) is 0 Å². The molecule has 0 radical (unpaired) electrons. The van der Waals surface area contributed by atoms with E-state index in [1.54, 1.807) is 7.11 Å². The first kappa shape index (κ1) is 13.2. The van der Waals surface area contributed by atoms with Gasteiger partial charge in [-0.15, -0.1) is 0 Å². The minimum atomic E-state index is 0.107. The van der Waals surface area contributed by atoms with Crippen molar-refractivity contribution in [3.05, 3.63) is 30.5 Å². The molecule has 0 bridgehead atoms. The monoisotopic (exact) mass is 272 g/mol. The Bertz CT molecular complexity index is 597. The maximum absolute atomic E-state index is 12.3. The standard InChI is InChI=1S/C16H20N2O2/c1-20-12-8-6-11(7-9-12)16(19)18-15-10-17-14-5-3-2-4-13(14)15/h2-5,10-12,17H,6-9H2,1H3,(H,18,19). The number of hydrogen-bond acceptors (Lipinski definition) is 2. The van der Waals surface area contributed by atoms with Crippen LogP contribution in [0.1, 0.15) is 25.7 Å². The molecule has 1 aliphatic rings. The van der Waals surface area contributed by atoms with E-state index in [0.717, 1.165) is 42.3 Å². The molecule has 0 aliphatic heterocycles. The summed E-state index contributed by atoms with van der Waals surface area (Å²) >= 11 is 0. The van der Waals surface area contributed by atoms with Crippen molar-refractivity contribution >= 4 is 22.5 Å². The third kappa shape index (κ3) is 2.56. The highest BCUT2D eigenvalue weighted by Gasteiger charge is 2.26. The highest BCUT2D eigenvalue weighted by Crippen LogP contribution is 2.28. The molecule has 1 amide bonds. The minimum absolute atomic E-state index is 0.107. The van der Waals surface area contributed by atoms with Gasteiger partial charge in [-0.1, -0.05) is 18.2 Å². The van der Waals surface area contributed by atoms with Crippen molar-refractivity contribution in [3.63, 3.8) is 0 Å². The number of fused-ring (bicyclic) bond motifs is 1. The molecule has 1 aliphatic carbocycles. The summed E-state index contributed by atoms with van der Waals surface area (Å²) in [5, 5.41) is 4.12. The second-order valence-electron chi connectivity index (χ2n) is 5.45. The molecular formula is C16H20N2O2. The van der Waals surface area contributed by atoms with E-state index in [2.05, 4.69) is 10.3 Å². The van der Waals surface area contributed by atoms with Crippen molar-refractivity contribution in [2.24, 2.45) is 5.92 Å². The van der Waals surface area contributed by atoms with Gasteiger partial charge in [0.05, 0.1) is 11.8 Å². The maximum atomic E-state index is 12.3. The number of amides is 1. The van der Waals surface area contributed by atoms with Crippen LogP contribution in [-0.4, -0.2) is 24.1 Å². The summed E-state index contributed by atoms with van der Waals surface area (Å²) in [6, 6.07) is 7.99. The van der Waals surface area contributed by atoms with Gasteiger partial charge >= 0.3 is 0 Å². The molecule has 1 aromatic heterocycles. The quantitative estimate of drug-likeness (QED) is 0.900. The van der Waals surface area contributed by atoms with Crippen LogP contribution in [-0.2, 0) is 9.53 Å².